The van der Waals surface area contributed by atoms with Crippen LogP contribution < -0.4 is 9.47 Å². The molecule has 0 bridgehead atoms. The van der Waals surface area contributed by atoms with Gasteiger partial charge in [-0.3, -0.25) is 0 Å². The van der Waals surface area contributed by atoms with E-state index in [0.29, 0.717) is 25.7 Å². The monoisotopic (exact) mass is 374 g/mol. The van der Waals surface area contributed by atoms with Gasteiger partial charge in [0.25, 0.3) is 0 Å². The van der Waals surface area contributed by atoms with Crippen LogP contribution >= 0.6 is 0 Å². The predicted molar refractivity (Wildman–Crippen MR) is 111 cm³/mol. The van der Waals surface area contributed by atoms with E-state index in [-0.39, 0.29) is 6.61 Å². The van der Waals surface area contributed by atoms with E-state index < -0.39 is 6.10 Å². The highest BCUT2D eigenvalue weighted by molar-refractivity contribution is 5.93. The Morgan fingerprint density at radius 1 is 0.852 bits per heavy atom. The average molecular weight is 375 g/mol. The zero-order chi connectivity index (χ0) is 19.5. The molecule has 0 fully saturated rings. The van der Waals surface area contributed by atoms with Crippen LogP contribution in [-0.2, 0) is 4.74 Å². The molecular weight excluding hydrogens is 340 g/mol. The highest BCUT2D eigenvalue weighted by atomic mass is 16.5. The molecule has 2 aromatic rings. The van der Waals surface area contributed by atoms with Crippen molar-refractivity contribution in [2.24, 2.45) is 5.92 Å². The number of hydrogen-bond acceptors (Lipinski definition) is 4. The van der Waals surface area contributed by atoms with Crippen LogP contribution in [0.2, 0.25) is 0 Å². The van der Waals surface area contributed by atoms with Gasteiger partial charge in [0.05, 0.1) is 13.2 Å². The lowest BCUT2D eigenvalue weighted by Gasteiger charge is -2.18. The van der Waals surface area contributed by atoms with Crippen molar-refractivity contribution >= 4 is 10.8 Å². The van der Waals surface area contributed by atoms with Crippen LogP contribution in [0.3, 0.4) is 0 Å². The van der Waals surface area contributed by atoms with Crippen LogP contribution in [0.4, 0.5) is 0 Å². The molecule has 0 aliphatic carbocycles. The second-order valence-electron chi connectivity index (χ2n) is 6.96. The second kappa shape index (κ2) is 11.8. The molecule has 0 aliphatic heterocycles. The highest BCUT2D eigenvalue weighted by Crippen LogP contribution is 2.33. The number of aliphatic hydroxyl groups is 1. The van der Waals surface area contributed by atoms with E-state index in [1.165, 1.54) is 19.3 Å². The van der Waals surface area contributed by atoms with Gasteiger partial charge in [-0.1, -0.05) is 57.4 Å². The minimum Gasteiger partial charge on any atom is -0.493 e. The summed E-state index contributed by atoms with van der Waals surface area (Å²) < 4.78 is 17.3. The van der Waals surface area contributed by atoms with Crippen LogP contribution in [0.15, 0.2) is 36.4 Å². The van der Waals surface area contributed by atoms with E-state index in [1.54, 1.807) is 0 Å². The van der Waals surface area contributed by atoms with Crippen molar-refractivity contribution in [1.82, 2.24) is 0 Å². The van der Waals surface area contributed by atoms with E-state index in [9.17, 15) is 5.11 Å². The van der Waals surface area contributed by atoms with Crippen molar-refractivity contribution in [3.05, 3.63) is 36.4 Å². The lowest BCUT2D eigenvalue weighted by Crippen LogP contribution is -2.25. The van der Waals surface area contributed by atoms with Crippen molar-refractivity contribution in [2.75, 3.05) is 26.4 Å². The molecule has 2 rings (SSSR count). The summed E-state index contributed by atoms with van der Waals surface area (Å²) in [4.78, 5) is 0. The van der Waals surface area contributed by atoms with Crippen molar-refractivity contribution in [3.63, 3.8) is 0 Å². The van der Waals surface area contributed by atoms with Gasteiger partial charge in [-0.2, -0.15) is 0 Å². The lowest BCUT2D eigenvalue weighted by atomic mass is 10.0. The molecule has 150 valence electrons. The summed E-state index contributed by atoms with van der Waals surface area (Å²) in [5.41, 5.74) is 0. The second-order valence-corrected chi connectivity index (χ2v) is 6.96. The fraction of sp³-hybridized carbons (Fsp3) is 0.565. The van der Waals surface area contributed by atoms with E-state index in [2.05, 4.69) is 13.8 Å². The zero-order valence-corrected chi connectivity index (χ0v) is 16.9. The largest absolute Gasteiger partial charge is 0.493 e. The first-order chi connectivity index (χ1) is 13.2. The average Bonchev–Trinajstić information content (AvgIpc) is 2.70. The molecule has 4 nitrogen and oxygen atoms in total. The molecule has 0 aliphatic rings. The van der Waals surface area contributed by atoms with Gasteiger partial charge in [0.15, 0.2) is 0 Å². The number of hydrogen-bond donors (Lipinski definition) is 1. The minimum absolute atomic E-state index is 0.212. The minimum atomic E-state index is -0.640. The number of ether oxygens (including phenoxy) is 3. The standard InChI is InChI=1S/C23H34O4/c1-4-7-10-18(5-2)15-25-16-19(24)17-27-23-14-13-22(26-6-3)20-11-8-9-12-21(20)23/h8-9,11-14,18-19,24H,4-7,10,15-17H2,1-3H3. The van der Waals surface area contributed by atoms with Crippen molar-refractivity contribution in [1.29, 1.82) is 0 Å². The number of aliphatic hydroxyl groups excluding tert-OH is 1. The molecule has 2 unspecified atom stereocenters. The Labute approximate surface area is 163 Å². The summed E-state index contributed by atoms with van der Waals surface area (Å²) in [5.74, 6) is 2.18. The van der Waals surface area contributed by atoms with Crippen LogP contribution in [0.25, 0.3) is 10.8 Å². The number of unbranched alkanes of at least 4 members (excludes halogenated alkanes) is 1. The van der Waals surface area contributed by atoms with Gasteiger partial charge < -0.3 is 19.3 Å². The maximum absolute atomic E-state index is 10.2. The van der Waals surface area contributed by atoms with Gasteiger partial charge in [-0.25, -0.2) is 0 Å². The number of rotatable bonds is 13. The summed E-state index contributed by atoms with van der Waals surface area (Å²) in [7, 11) is 0. The third-order valence-corrected chi connectivity index (χ3v) is 4.78. The molecule has 0 spiro atoms. The molecule has 0 saturated carbocycles. The summed E-state index contributed by atoms with van der Waals surface area (Å²) in [6, 6.07) is 11.8. The Kier molecular flexibility index (Phi) is 9.43. The Hall–Kier alpha value is -1.78. The molecule has 0 amide bonds. The molecule has 1 N–H and O–H groups in total. The Morgan fingerprint density at radius 2 is 1.52 bits per heavy atom. The SMILES string of the molecule is CCCCC(CC)COCC(O)COc1ccc(OCC)c2ccccc12. The third-order valence-electron chi connectivity index (χ3n) is 4.78. The van der Waals surface area contributed by atoms with E-state index >= 15 is 0 Å². The first-order valence-corrected chi connectivity index (χ1v) is 10.2. The molecule has 0 heterocycles. The molecular formula is C23H34O4. The van der Waals surface area contributed by atoms with Gasteiger partial charge in [0, 0.05) is 17.4 Å². The van der Waals surface area contributed by atoms with Crippen molar-refractivity contribution in [3.8, 4) is 11.5 Å². The fourth-order valence-electron chi connectivity index (χ4n) is 3.15. The van der Waals surface area contributed by atoms with Gasteiger partial charge >= 0.3 is 0 Å². The molecule has 2 atom stereocenters. The molecule has 0 saturated heterocycles. The predicted octanol–water partition coefficient (Wildman–Crippen LogP) is 5.21. The third kappa shape index (κ3) is 6.71. The van der Waals surface area contributed by atoms with E-state index in [4.69, 9.17) is 14.2 Å². The summed E-state index contributed by atoms with van der Waals surface area (Å²) in [6.45, 7) is 8.22. The van der Waals surface area contributed by atoms with Crippen molar-refractivity contribution in [2.45, 2.75) is 52.6 Å². The molecule has 4 heteroatoms. The van der Waals surface area contributed by atoms with Crippen LogP contribution in [0.5, 0.6) is 11.5 Å². The Balaban J connectivity index is 1.86. The zero-order valence-electron chi connectivity index (χ0n) is 16.9. The smallest absolute Gasteiger partial charge is 0.127 e. The maximum Gasteiger partial charge on any atom is 0.127 e. The summed E-state index contributed by atoms with van der Waals surface area (Å²) in [6.07, 6.45) is 4.11. The maximum atomic E-state index is 10.2. The Bertz CT molecular complexity index is 670. The first-order valence-electron chi connectivity index (χ1n) is 10.2. The van der Waals surface area contributed by atoms with Gasteiger partial charge in [-0.05, 0) is 31.4 Å². The molecule has 2 aromatic carbocycles. The normalized spacial score (nSPS) is 13.5. The fourth-order valence-corrected chi connectivity index (χ4v) is 3.15. The molecule has 0 aromatic heterocycles. The van der Waals surface area contributed by atoms with Crippen LogP contribution in [0.1, 0.15) is 46.5 Å². The summed E-state index contributed by atoms with van der Waals surface area (Å²) >= 11 is 0. The number of fused-ring (bicyclic) bond motifs is 1. The highest BCUT2D eigenvalue weighted by Gasteiger charge is 2.12. The first kappa shape index (κ1) is 21.5. The van der Waals surface area contributed by atoms with Crippen LogP contribution in [-0.4, -0.2) is 37.6 Å². The van der Waals surface area contributed by atoms with Crippen molar-refractivity contribution < 1.29 is 19.3 Å². The van der Waals surface area contributed by atoms with Gasteiger partial charge in [0.1, 0.15) is 24.2 Å². The topological polar surface area (TPSA) is 47.9 Å². The molecule has 0 radical (unpaired) electrons. The number of benzene rings is 2. The quantitative estimate of drug-likeness (QED) is 0.523. The van der Waals surface area contributed by atoms with E-state index in [1.807, 2.05) is 43.3 Å². The molecule has 27 heavy (non-hydrogen) atoms. The van der Waals surface area contributed by atoms with Gasteiger partial charge in [0.2, 0.25) is 0 Å². The van der Waals surface area contributed by atoms with E-state index in [0.717, 1.165) is 28.7 Å². The summed E-state index contributed by atoms with van der Waals surface area (Å²) in [5, 5.41) is 12.2. The lowest BCUT2D eigenvalue weighted by molar-refractivity contribution is -0.000852. The Morgan fingerprint density at radius 3 is 2.11 bits per heavy atom. The van der Waals surface area contributed by atoms with Gasteiger partial charge in [-0.15, -0.1) is 0 Å². The van der Waals surface area contributed by atoms with Crippen LogP contribution in [0, 0.1) is 5.92 Å².